The van der Waals surface area contributed by atoms with E-state index in [4.69, 9.17) is 15.1 Å². The summed E-state index contributed by atoms with van der Waals surface area (Å²) in [5.41, 5.74) is 6.15. The molecule has 1 fully saturated rings. The molecule has 3 heterocycles. The zero-order chi connectivity index (χ0) is 27.5. The molecule has 0 atom stereocenters. The predicted molar refractivity (Wildman–Crippen MR) is 159 cm³/mol. The minimum Gasteiger partial charge on any atom is -0.354 e. The first-order chi connectivity index (χ1) is 19.6. The van der Waals surface area contributed by atoms with Crippen LogP contribution in [-0.4, -0.2) is 56.7 Å². The van der Waals surface area contributed by atoms with Crippen molar-refractivity contribution in [1.29, 1.82) is 0 Å². The van der Waals surface area contributed by atoms with E-state index in [0.29, 0.717) is 19.5 Å². The van der Waals surface area contributed by atoms with Gasteiger partial charge in [0.2, 0.25) is 0 Å². The molecular weight excluding hydrogens is 496 g/mol. The van der Waals surface area contributed by atoms with Crippen LogP contribution in [0.2, 0.25) is 0 Å². The van der Waals surface area contributed by atoms with Gasteiger partial charge in [0.1, 0.15) is 11.6 Å². The van der Waals surface area contributed by atoms with E-state index >= 15 is 0 Å². The van der Waals surface area contributed by atoms with Crippen LogP contribution in [0, 0.1) is 6.92 Å². The number of anilines is 1. The van der Waals surface area contributed by atoms with Crippen molar-refractivity contribution < 1.29 is 4.79 Å². The topological polar surface area (TPSA) is 67.2 Å². The Kier molecular flexibility index (Phi) is 7.27. The number of amides is 1. The highest BCUT2D eigenvalue weighted by molar-refractivity contribution is 5.94. The molecule has 0 N–H and O–H groups in total. The van der Waals surface area contributed by atoms with Crippen molar-refractivity contribution in [2.24, 2.45) is 0 Å². The summed E-state index contributed by atoms with van der Waals surface area (Å²) in [6.07, 6.45) is 4.34. The van der Waals surface area contributed by atoms with Crippen molar-refractivity contribution in [2.45, 2.75) is 33.1 Å². The molecule has 0 bridgehead atoms. The molecule has 40 heavy (non-hydrogen) atoms. The number of fused-ring (bicyclic) bond motifs is 1. The van der Waals surface area contributed by atoms with Gasteiger partial charge in [0.05, 0.1) is 17.3 Å². The second-order valence-corrected chi connectivity index (χ2v) is 10.4. The fourth-order valence-corrected chi connectivity index (χ4v) is 5.30. The Morgan fingerprint density at radius 3 is 2.33 bits per heavy atom. The first-order valence-electron chi connectivity index (χ1n) is 14.1. The molecule has 7 nitrogen and oxygen atoms in total. The molecule has 0 spiro atoms. The first kappa shape index (κ1) is 25.7. The van der Waals surface area contributed by atoms with Gasteiger partial charge in [0, 0.05) is 38.2 Å². The maximum absolute atomic E-state index is 13.3. The van der Waals surface area contributed by atoms with Crippen LogP contribution >= 0.6 is 0 Å². The predicted octanol–water partition coefficient (Wildman–Crippen LogP) is 5.63. The number of carbonyl (C=O) groups excluding carboxylic acids is 1. The van der Waals surface area contributed by atoms with Crippen LogP contribution in [0.25, 0.3) is 16.7 Å². The number of hydrogen-bond donors (Lipinski definition) is 0. The van der Waals surface area contributed by atoms with E-state index in [0.717, 1.165) is 59.9 Å². The minimum absolute atomic E-state index is 0.0919. The molecular formula is C33H34N6O. The Morgan fingerprint density at radius 1 is 0.825 bits per heavy atom. The molecule has 1 aliphatic rings. The Hall–Kier alpha value is -4.52. The Balaban J connectivity index is 1.32. The smallest absolute Gasteiger partial charge is 0.253 e. The zero-order valence-corrected chi connectivity index (χ0v) is 23.1. The number of para-hydroxylation sites is 1. The lowest BCUT2D eigenvalue weighted by molar-refractivity contribution is 0.0767. The van der Waals surface area contributed by atoms with Crippen LogP contribution in [0.15, 0.2) is 85.1 Å². The number of carbonyl (C=O) groups is 1. The molecule has 0 radical (unpaired) electrons. The Labute approximate surface area is 235 Å². The highest BCUT2D eigenvalue weighted by atomic mass is 16.2. The maximum atomic E-state index is 13.3. The molecule has 7 heteroatoms. The summed E-state index contributed by atoms with van der Waals surface area (Å²) >= 11 is 0. The van der Waals surface area contributed by atoms with Gasteiger partial charge in [-0.05, 0) is 55.2 Å². The number of rotatable bonds is 6. The van der Waals surface area contributed by atoms with Crippen molar-refractivity contribution >= 4 is 22.8 Å². The molecule has 1 saturated heterocycles. The molecule has 5 aromatic rings. The van der Waals surface area contributed by atoms with Gasteiger partial charge in [0.15, 0.2) is 5.65 Å². The van der Waals surface area contributed by atoms with Crippen molar-refractivity contribution in [3.63, 3.8) is 0 Å². The molecule has 0 saturated carbocycles. The molecule has 2 aromatic heterocycles. The molecule has 1 aliphatic heterocycles. The van der Waals surface area contributed by atoms with Gasteiger partial charge in [-0.1, -0.05) is 67.1 Å². The number of aromatic nitrogens is 4. The van der Waals surface area contributed by atoms with E-state index in [1.165, 1.54) is 16.7 Å². The SMILES string of the molecule is CCc1ccc(C(=O)N2CCCN(c3nc(Cc4ccc(C)cc4)nc4c3cnn4-c3ccccc3)CC2)cc1. The molecule has 0 aliphatic carbocycles. The quantitative estimate of drug-likeness (QED) is 0.285. The monoisotopic (exact) mass is 530 g/mol. The lowest BCUT2D eigenvalue weighted by Crippen LogP contribution is -2.35. The van der Waals surface area contributed by atoms with Gasteiger partial charge in [-0.15, -0.1) is 0 Å². The van der Waals surface area contributed by atoms with Gasteiger partial charge in [-0.2, -0.15) is 5.10 Å². The van der Waals surface area contributed by atoms with Crippen LogP contribution in [0.3, 0.4) is 0 Å². The molecule has 0 unspecified atom stereocenters. The molecule has 3 aromatic carbocycles. The largest absolute Gasteiger partial charge is 0.354 e. The average molecular weight is 531 g/mol. The summed E-state index contributed by atoms with van der Waals surface area (Å²) in [7, 11) is 0. The summed E-state index contributed by atoms with van der Waals surface area (Å²) in [6, 6.07) is 26.6. The van der Waals surface area contributed by atoms with Gasteiger partial charge >= 0.3 is 0 Å². The highest BCUT2D eigenvalue weighted by Gasteiger charge is 2.24. The Bertz CT molecular complexity index is 1610. The standard InChI is InChI=1S/C33H34N6O/c1-3-25-14-16-27(17-15-25)33(40)38-19-7-18-37(20-21-38)31-29-23-34-39(28-8-5-4-6-9-28)32(29)36-30(35-31)22-26-12-10-24(2)11-13-26/h4-6,8-17,23H,3,7,18-22H2,1-2H3. The van der Waals surface area contributed by atoms with E-state index in [-0.39, 0.29) is 5.91 Å². The first-order valence-corrected chi connectivity index (χ1v) is 14.1. The fraction of sp³-hybridized carbons (Fsp3) is 0.273. The van der Waals surface area contributed by atoms with E-state index in [9.17, 15) is 4.79 Å². The third-order valence-corrected chi connectivity index (χ3v) is 7.63. The summed E-state index contributed by atoms with van der Waals surface area (Å²) in [5.74, 6) is 1.74. The lowest BCUT2D eigenvalue weighted by Gasteiger charge is -2.24. The second kappa shape index (κ2) is 11.3. The van der Waals surface area contributed by atoms with E-state index in [1.807, 2.05) is 58.2 Å². The maximum Gasteiger partial charge on any atom is 0.253 e. The number of nitrogens with zero attached hydrogens (tertiary/aromatic N) is 6. The van der Waals surface area contributed by atoms with Crippen LogP contribution in [-0.2, 0) is 12.8 Å². The molecule has 6 rings (SSSR count). The van der Waals surface area contributed by atoms with E-state index < -0.39 is 0 Å². The third-order valence-electron chi connectivity index (χ3n) is 7.63. The van der Waals surface area contributed by atoms with E-state index in [1.54, 1.807) is 0 Å². The summed E-state index contributed by atoms with van der Waals surface area (Å²) in [6.45, 7) is 7.09. The third kappa shape index (κ3) is 5.32. The van der Waals surface area contributed by atoms with Crippen molar-refractivity contribution in [3.05, 3.63) is 113 Å². The van der Waals surface area contributed by atoms with Crippen LogP contribution in [0.5, 0.6) is 0 Å². The lowest BCUT2D eigenvalue weighted by atomic mass is 10.1. The summed E-state index contributed by atoms with van der Waals surface area (Å²) in [4.78, 5) is 27.7. The van der Waals surface area contributed by atoms with Crippen molar-refractivity contribution in [3.8, 4) is 5.69 Å². The van der Waals surface area contributed by atoms with Crippen molar-refractivity contribution in [1.82, 2.24) is 24.6 Å². The fourth-order valence-electron chi connectivity index (χ4n) is 5.30. The second-order valence-electron chi connectivity index (χ2n) is 10.4. The van der Waals surface area contributed by atoms with Gasteiger partial charge < -0.3 is 9.80 Å². The Morgan fingerprint density at radius 2 is 1.57 bits per heavy atom. The average Bonchev–Trinajstić information content (AvgIpc) is 3.27. The van der Waals surface area contributed by atoms with Crippen LogP contribution in [0.4, 0.5) is 5.82 Å². The van der Waals surface area contributed by atoms with Gasteiger partial charge in [-0.25, -0.2) is 14.6 Å². The summed E-state index contributed by atoms with van der Waals surface area (Å²) in [5, 5.41) is 5.65. The molecule has 202 valence electrons. The number of hydrogen-bond acceptors (Lipinski definition) is 5. The van der Waals surface area contributed by atoms with Crippen LogP contribution < -0.4 is 4.90 Å². The van der Waals surface area contributed by atoms with Gasteiger partial charge in [-0.3, -0.25) is 4.79 Å². The molecule has 1 amide bonds. The number of aryl methyl sites for hydroxylation is 2. The highest BCUT2D eigenvalue weighted by Crippen LogP contribution is 2.28. The van der Waals surface area contributed by atoms with Crippen LogP contribution in [0.1, 0.15) is 46.2 Å². The normalized spacial score (nSPS) is 13.9. The van der Waals surface area contributed by atoms with E-state index in [2.05, 4.69) is 55.1 Å². The minimum atomic E-state index is 0.0919. The zero-order valence-electron chi connectivity index (χ0n) is 23.1. The van der Waals surface area contributed by atoms with Crippen molar-refractivity contribution in [2.75, 3.05) is 31.1 Å². The van der Waals surface area contributed by atoms with Gasteiger partial charge in [0.25, 0.3) is 5.91 Å². The number of benzene rings is 3. The summed E-state index contributed by atoms with van der Waals surface area (Å²) < 4.78 is 1.90.